The van der Waals surface area contributed by atoms with E-state index < -0.39 is 16.4 Å². The van der Waals surface area contributed by atoms with Gasteiger partial charge in [0, 0.05) is 18.2 Å². The van der Waals surface area contributed by atoms with Crippen LogP contribution in [0.25, 0.3) is 0 Å². The van der Waals surface area contributed by atoms with E-state index in [9.17, 15) is 20.0 Å². The number of aliphatic hydroxyl groups is 1. The first-order valence-corrected chi connectivity index (χ1v) is 6.73. The van der Waals surface area contributed by atoms with E-state index in [1.165, 1.54) is 12.1 Å². The number of rotatable bonds is 6. The highest BCUT2D eigenvalue weighted by Gasteiger charge is 2.27. The fourth-order valence-electron chi connectivity index (χ4n) is 1.82. The summed E-state index contributed by atoms with van der Waals surface area (Å²) in [4.78, 5) is 22.2. The van der Waals surface area contributed by atoms with Gasteiger partial charge in [0.15, 0.2) is 0 Å². The first kappa shape index (κ1) is 16.9. The third kappa shape index (κ3) is 4.16. The SMILES string of the molecule is CCC(C)C(C)(O)CNC(=O)c1ccc(N)c([N+](=O)[O-])c1. The number of nitrogen functional groups attached to an aromatic ring is 1. The number of nitrogens with one attached hydrogen (secondary N) is 1. The van der Waals surface area contributed by atoms with Gasteiger partial charge in [-0.15, -0.1) is 0 Å². The van der Waals surface area contributed by atoms with E-state index in [-0.39, 0.29) is 29.4 Å². The number of carbonyl (C=O) groups excluding carboxylic acids is 1. The van der Waals surface area contributed by atoms with Crippen LogP contribution in [-0.2, 0) is 0 Å². The normalized spacial score (nSPS) is 15.0. The van der Waals surface area contributed by atoms with E-state index in [0.29, 0.717) is 0 Å². The van der Waals surface area contributed by atoms with Gasteiger partial charge in [-0.05, 0) is 25.0 Å². The van der Waals surface area contributed by atoms with Crippen LogP contribution in [0.2, 0.25) is 0 Å². The second-order valence-corrected chi connectivity index (χ2v) is 5.38. The second kappa shape index (κ2) is 6.53. The summed E-state index contributed by atoms with van der Waals surface area (Å²) in [5.41, 5.74) is 4.27. The molecule has 1 amide bonds. The van der Waals surface area contributed by atoms with Crippen molar-refractivity contribution in [2.24, 2.45) is 5.92 Å². The van der Waals surface area contributed by atoms with Gasteiger partial charge in [0.1, 0.15) is 5.69 Å². The van der Waals surface area contributed by atoms with Crippen molar-refractivity contribution in [3.05, 3.63) is 33.9 Å². The van der Waals surface area contributed by atoms with E-state index in [4.69, 9.17) is 5.73 Å². The first-order valence-electron chi connectivity index (χ1n) is 6.73. The van der Waals surface area contributed by atoms with Crippen molar-refractivity contribution < 1.29 is 14.8 Å². The molecule has 0 aliphatic heterocycles. The number of nitro benzene ring substituents is 1. The lowest BCUT2D eigenvalue weighted by Crippen LogP contribution is -2.45. The van der Waals surface area contributed by atoms with E-state index in [2.05, 4.69) is 5.32 Å². The number of hydrogen-bond acceptors (Lipinski definition) is 5. The molecule has 0 spiro atoms. The molecule has 1 aromatic carbocycles. The molecule has 1 aromatic rings. The van der Waals surface area contributed by atoms with Crippen LogP contribution in [0.5, 0.6) is 0 Å². The van der Waals surface area contributed by atoms with Crippen LogP contribution < -0.4 is 11.1 Å². The monoisotopic (exact) mass is 295 g/mol. The highest BCUT2D eigenvalue weighted by Crippen LogP contribution is 2.23. The largest absolute Gasteiger partial charge is 0.393 e. The number of nitro groups is 1. The molecular weight excluding hydrogens is 274 g/mol. The van der Waals surface area contributed by atoms with Crippen molar-refractivity contribution >= 4 is 17.3 Å². The molecule has 0 saturated carbocycles. The molecule has 21 heavy (non-hydrogen) atoms. The molecule has 0 fully saturated rings. The van der Waals surface area contributed by atoms with Gasteiger partial charge >= 0.3 is 0 Å². The number of amides is 1. The zero-order chi connectivity index (χ0) is 16.2. The van der Waals surface area contributed by atoms with Gasteiger partial charge in [-0.1, -0.05) is 20.3 Å². The lowest BCUT2D eigenvalue weighted by molar-refractivity contribution is -0.383. The Kier molecular flexibility index (Phi) is 5.26. The highest BCUT2D eigenvalue weighted by molar-refractivity contribution is 5.95. The standard InChI is InChI=1S/C14H21N3O4/c1-4-9(2)14(3,19)8-16-13(18)10-5-6-11(15)12(7-10)17(20)21/h5-7,9,19H,4,8,15H2,1-3H3,(H,16,18). The Morgan fingerprint density at radius 3 is 2.71 bits per heavy atom. The zero-order valence-electron chi connectivity index (χ0n) is 12.4. The quantitative estimate of drug-likeness (QED) is 0.419. The Morgan fingerprint density at radius 2 is 2.19 bits per heavy atom. The summed E-state index contributed by atoms with van der Waals surface area (Å²) >= 11 is 0. The number of carbonyl (C=O) groups is 1. The summed E-state index contributed by atoms with van der Waals surface area (Å²) in [7, 11) is 0. The zero-order valence-corrected chi connectivity index (χ0v) is 12.4. The van der Waals surface area contributed by atoms with Crippen molar-refractivity contribution in [2.45, 2.75) is 32.8 Å². The van der Waals surface area contributed by atoms with Crippen molar-refractivity contribution in [3.8, 4) is 0 Å². The number of anilines is 1. The van der Waals surface area contributed by atoms with Crippen molar-refractivity contribution in [3.63, 3.8) is 0 Å². The molecule has 116 valence electrons. The molecule has 4 N–H and O–H groups in total. The lowest BCUT2D eigenvalue weighted by atomic mass is 9.88. The Balaban J connectivity index is 2.82. The van der Waals surface area contributed by atoms with Crippen LogP contribution in [0, 0.1) is 16.0 Å². The highest BCUT2D eigenvalue weighted by atomic mass is 16.6. The van der Waals surface area contributed by atoms with Crippen LogP contribution >= 0.6 is 0 Å². The van der Waals surface area contributed by atoms with Crippen LogP contribution in [0.15, 0.2) is 18.2 Å². The summed E-state index contributed by atoms with van der Waals surface area (Å²) in [5.74, 6) is -0.472. The maximum atomic E-state index is 12.0. The van der Waals surface area contributed by atoms with E-state index >= 15 is 0 Å². The summed E-state index contributed by atoms with van der Waals surface area (Å²) in [5, 5.41) is 23.6. The topological polar surface area (TPSA) is 118 Å². The van der Waals surface area contributed by atoms with Gasteiger partial charge in [-0.2, -0.15) is 0 Å². The van der Waals surface area contributed by atoms with Gasteiger partial charge in [0.2, 0.25) is 0 Å². The number of nitrogens with zero attached hydrogens (tertiary/aromatic N) is 1. The van der Waals surface area contributed by atoms with Gasteiger partial charge in [-0.25, -0.2) is 0 Å². The molecule has 0 aliphatic carbocycles. The average molecular weight is 295 g/mol. The Morgan fingerprint density at radius 1 is 1.57 bits per heavy atom. The third-order valence-electron chi connectivity index (χ3n) is 3.77. The Hall–Kier alpha value is -2.15. The number of nitrogens with two attached hydrogens (primary N) is 1. The molecule has 2 unspecified atom stereocenters. The molecule has 2 atom stereocenters. The number of benzene rings is 1. The summed E-state index contributed by atoms with van der Waals surface area (Å²) < 4.78 is 0. The fraction of sp³-hybridized carbons (Fsp3) is 0.500. The Labute approximate surface area is 123 Å². The van der Waals surface area contributed by atoms with E-state index in [0.717, 1.165) is 12.5 Å². The van der Waals surface area contributed by atoms with Crippen LogP contribution in [0.3, 0.4) is 0 Å². The first-order chi connectivity index (χ1) is 9.69. The minimum atomic E-state index is -1.04. The molecule has 7 nitrogen and oxygen atoms in total. The number of hydrogen-bond donors (Lipinski definition) is 3. The molecule has 0 radical (unpaired) electrons. The summed E-state index contributed by atoms with van der Waals surface area (Å²) in [6.45, 7) is 5.55. The predicted octanol–water partition coefficient (Wildman–Crippen LogP) is 1.70. The molecule has 0 aromatic heterocycles. The second-order valence-electron chi connectivity index (χ2n) is 5.38. The van der Waals surface area contributed by atoms with Crippen LogP contribution in [0.4, 0.5) is 11.4 Å². The minimum Gasteiger partial charge on any atom is -0.393 e. The fourth-order valence-corrected chi connectivity index (χ4v) is 1.82. The maximum absolute atomic E-state index is 12.0. The van der Waals surface area contributed by atoms with Crippen molar-refractivity contribution in [1.82, 2.24) is 5.32 Å². The lowest BCUT2D eigenvalue weighted by Gasteiger charge is -2.29. The maximum Gasteiger partial charge on any atom is 0.292 e. The molecule has 0 heterocycles. The van der Waals surface area contributed by atoms with Crippen LogP contribution in [0.1, 0.15) is 37.6 Å². The smallest absolute Gasteiger partial charge is 0.292 e. The van der Waals surface area contributed by atoms with Gasteiger partial charge < -0.3 is 16.2 Å². The average Bonchev–Trinajstić information content (AvgIpc) is 2.44. The molecule has 7 heteroatoms. The van der Waals surface area contributed by atoms with Crippen LogP contribution in [-0.4, -0.2) is 28.1 Å². The van der Waals surface area contributed by atoms with E-state index in [1.807, 2.05) is 13.8 Å². The van der Waals surface area contributed by atoms with Gasteiger partial charge in [-0.3, -0.25) is 14.9 Å². The van der Waals surface area contributed by atoms with Gasteiger partial charge in [0.25, 0.3) is 11.6 Å². The predicted molar refractivity (Wildman–Crippen MR) is 79.9 cm³/mol. The summed E-state index contributed by atoms with van der Waals surface area (Å²) in [6.07, 6.45) is 0.774. The molecular formula is C14H21N3O4. The third-order valence-corrected chi connectivity index (χ3v) is 3.77. The van der Waals surface area contributed by atoms with Gasteiger partial charge in [0.05, 0.1) is 10.5 Å². The van der Waals surface area contributed by atoms with E-state index in [1.54, 1.807) is 6.92 Å². The summed E-state index contributed by atoms with van der Waals surface area (Å²) in [6, 6.07) is 3.86. The molecule has 0 bridgehead atoms. The molecule has 0 saturated heterocycles. The van der Waals surface area contributed by atoms with Crippen molar-refractivity contribution in [1.29, 1.82) is 0 Å². The van der Waals surface area contributed by atoms with Crippen molar-refractivity contribution in [2.75, 3.05) is 12.3 Å². The molecule has 1 rings (SSSR count). The minimum absolute atomic E-state index is 0.00292. The molecule has 0 aliphatic rings. The Bertz CT molecular complexity index is 543.